The van der Waals surface area contributed by atoms with E-state index >= 15 is 0 Å². The van der Waals surface area contributed by atoms with Gasteiger partial charge in [-0.15, -0.1) is 0 Å². The van der Waals surface area contributed by atoms with Gasteiger partial charge in [-0.3, -0.25) is 9.78 Å². The van der Waals surface area contributed by atoms with Gasteiger partial charge in [0.15, 0.2) is 5.82 Å². The van der Waals surface area contributed by atoms with E-state index in [0.29, 0.717) is 5.69 Å². The summed E-state index contributed by atoms with van der Waals surface area (Å²) in [6.45, 7) is 0. The minimum atomic E-state index is -0.924. The first-order chi connectivity index (χ1) is 9.00. The molecule has 6 heteroatoms. The summed E-state index contributed by atoms with van der Waals surface area (Å²) in [7, 11) is 1.46. The zero-order valence-electron chi connectivity index (χ0n) is 10.1. The van der Waals surface area contributed by atoms with E-state index in [-0.39, 0.29) is 0 Å². The second-order valence-electron chi connectivity index (χ2n) is 3.93. The van der Waals surface area contributed by atoms with Crippen LogP contribution in [0.25, 0.3) is 0 Å². The lowest BCUT2D eigenvalue weighted by Gasteiger charge is -2.17. The Bertz CT molecular complexity index is 617. The number of carbonyl (C=O) groups excluding carboxylic acids is 1. The fourth-order valence-electron chi connectivity index (χ4n) is 1.63. The summed E-state index contributed by atoms with van der Waals surface area (Å²) < 4.78 is 27.0. The first-order valence-electron chi connectivity index (χ1n) is 5.43. The Kier molecular flexibility index (Phi) is 3.41. The molecule has 0 atom stereocenters. The van der Waals surface area contributed by atoms with E-state index < -0.39 is 28.8 Å². The van der Waals surface area contributed by atoms with Gasteiger partial charge in [0.25, 0.3) is 5.91 Å². The number of anilines is 2. The van der Waals surface area contributed by atoms with Crippen molar-refractivity contribution < 1.29 is 13.6 Å². The lowest BCUT2D eigenvalue weighted by Crippen LogP contribution is -2.27. The molecule has 1 aromatic heterocycles. The molecule has 19 heavy (non-hydrogen) atoms. The lowest BCUT2D eigenvalue weighted by molar-refractivity contribution is 0.0989. The van der Waals surface area contributed by atoms with E-state index in [1.54, 1.807) is 12.1 Å². The van der Waals surface area contributed by atoms with Crippen molar-refractivity contribution in [3.63, 3.8) is 0 Å². The fourth-order valence-corrected chi connectivity index (χ4v) is 1.63. The Labute approximate surface area is 108 Å². The van der Waals surface area contributed by atoms with Crippen molar-refractivity contribution in [1.29, 1.82) is 0 Å². The van der Waals surface area contributed by atoms with E-state index in [2.05, 4.69) is 4.98 Å². The number of hydrogen-bond donors (Lipinski definition) is 1. The van der Waals surface area contributed by atoms with E-state index in [1.807, 2.05) is 0 Å². The molecule has 2 rings (SSSR count). The molecule has 2 N–H and O–H groups in total. The number of aromatic nitrogens is 1. The number of hydrogen-bond acceptors (Lipinski definition) is 3. The van der Waals surface area contributed by atoms with Gasteiger partial charge in [0.1, 0.15) is 5.82 Å². The highest BCUT2D eigenvalue weighted by Gasteiger charge is 2.20. The molecule has 0 spiro atoms. The molecular weight excluding hydrogens is 252 g/mol. The normalized spacial score (nSPS) is 10.3. The maximum Gasteiger partial charge on any atom is 0.261 e. The van der Waals surface area contributed by atoms with E-state index in [4.69, 9.17) is 5.73 Å². The number of nitrogen functional groups attached to an aromatic ring is 1. The quantitative estimate of drug-likeness (QED) is 0.845. The third kappa shape index (κ3) is 2.52. The minimum absolute atomic E-state index is 0.397. The fraction of sp³-hybridized carbons (Fsp3) is 0.0769. The predicted molar refractivity (Wildman–Crippen MR) is 67.7 cm³/mol. The molecule has 1 amide bonds. The van der Waals surface area contributed by atoms with E-state index in [9.17, 15) is 13.6 Å². The van der Waals surface area contributed by atoms with Gasteiger partial charge in [0.2, 0.25) is 0 Å². The van der Waals surface area contributed by atoms with Crippen molar-refractivity contribution in [1.82, 2.24) is 4.98 Å². The average molecular weight is 263 g/mol. The van der Waals surface area contributed by atoms with Crippen LogP contribution in [0.3, 0.4) is 0 Å². The second-order valence-corrected chi connectivity index (χ2v) is 3.93. The Morgan fingerprint density at radius 2 is 1.89 bits per heavy atom. The van der Waals surface area contributed by atoms with Gasteiger partial charge in [0.05, 0.1) is 11.3 Å². The molecule has 0 saturated carbocycles. The van der Waals surface area contributed by atoms with Gasteiger partial charge < -0.3 is 10.6 Å². The Balaban J connectivity index is 2.40. The molecule has 1 heterocycles. The van der Waals surface area contributed by atoms with E-state index in [1.165, 1.54) is 24.3 Å². The van der Waals surface area contributed by atoms with Crippen LogP contribution in [0, 0.1) is 11.6 Å². The van der Waals surface area contributed by atoms with Gasteiger partial charge in [-0.05, 0) is 24.3 Å². The lowest BCUT2D eigenvalue weighted by atomic mass is 10.1. The van der Waals surface area contributed by atoms with Gasteiger partial charge in [-0.1, -0.05) is 0 Å². The molecule has 0 saturated heterocycles. The molecular formula is C13H11F2N3O. The summed E-state index contributed by atoms with van der Waals surface area (Å²) in [6, 6.07) is 4.82. The molecule has 4 nitrogen and oxygen atoms in total. The molecule has 0 unspecified atom stereocenters. The van der Waals surface area contributed by atoms with Crippen LogP contribution in [0.4, 0.5) is 20.2 Å². The molecule has 1 aromatic carbocycles. The number of rotatable bonds is 2. The summed E-state index contributed by atoms with van der Waals surface area (Å²) in [5.74, 6) is -2.37. The maximum atomic E-state index is 13.8. The Hall–Kier alpha value is -2.50. The highest BCUT2D eigenvalue weighted by atomic mass is 19.1. The van der Waals surface area contributed by atoms with Crippen LogP contribution in [0.15, 0.2) is 36.7 Å². The van der Waals surface area contributed by atoms with Crippen LogP contribution < -0.4 is 10.6 Å². The standard InChI is InChI=1S/C13H11F2N3O/c1-18(9-2-4-17-5-3-9)13(19)10-6-8(14)7-11(16)12(10)15/h2-7H,16H2,1H3. The smallest absolute Gasteiger partial charge is 0.261 e. The third-order valence-corrected chi connectivity index (χ3v) is 2.65. The molecule has 0 aliphatic carbocycles. The van der Waals surface area contributed by atoms with Crippen molar-refractivity contribution in [3.8, 4) is 0 Å². The summed E-state index contributed by atoms with van der Waals surface area (Å²) in [5.41, 5.74) is 5.02. The van der Waals surface area contributed by atoms with E-state index in [0.717, 1.165) is 12.1 Å². The van der Waals surface area contributed by atoms with Crippen molar-refractivity contribution >= 4 is 17.3 Å². The number of carbonyl (C=O) groups is 1. The summed E-state index contributed by atoms with van der Waals surface area (Å²) >= 11 is 0. The van der Waals surface area contributed by atoms with Gasteiger partial charge in [-0.25, -0.2) is 8.78 Å². The van der Waals surface area contributed by atoms with Crippen LogP contribution in [0.5, 0.6) is 0 Å². The minimum Gasteiger partial charge on any atom is -0.396 e. The monoisotopic (exact) mass is 263 g/mol. The van der Waals surface area contributed by atoms with Crippen LogP contribution in [0.2, 0.25) is 0 Å². The van der Waals surface area contributed by atoms with Gasteiger partial charge in [0, 0.05) is 25.1 Å². The maximum absolute atomic E-state index is 13.8. The first-order valence-corrected chi connectivity index (χ1v) is 5.43. The Morgan fingerprint density at radius 3 is 2.53 bits per heavy atom. The van der Waals surface area contributed by atoms with Crippen molar-refractivity contribution in [2.24, 2.45) is 0 Å². The molecule has 0 fully saturated rings. The second kappa shape index (κ2) is 5.01. The molecule has 0 bridgehead atoms. The zero-order chi connectivity index (χ0) is 14.0. The van der Waals surface area contributed by atoms with Gasteiger partial charge in [-0.2, -0.15) is 0 Å². The van der Waals surface area contributed by atoms with Crippen LogP contribution in [0.1, 0.15) is 10.4 Å². The number of nitrogens with zero attached hydrogens (tertiary/aromatic N) is 2. The molecule has 2 aromatic rings. The molecule has 0 aliphatic heterocycles. The largest absolute Gasteiger partial charge is 0.396 e. The molecule has 0 radical (unpaired) electrons. The predicted octanol–water partition coefficient (Wildman–Crippen LogP) is 2.22. The number of benzene rings is 1. The number of halogens is 2. The summed E-state index contributed by atoms with van der Waals surface area (Å²) in [4.78, 5) is 17.1. The third-order valence-electron chi connectivity index (χ3n) is 2.65. The zero-order valence-corrected chi connectivity index (χ0v) is 10.1. The highest BCUT2D eigenvalue weighted by molar-refractivity contribution is 6.06. The van der Waals surface area contributed by atoms with Gasteiger partial charge >= 0.3 is 0 Å². The van der Waals surface area contributed by atoms with Crippen LogP contribution in [-0.4, -0.2) is 17.9 Å². The number of pyridine rings is 1. The van der Waals surface area contributed by atoms with Crippen LogP contribution in [-0.2, 0) is 0 Å². The van der Waals surface area contributed by atoms with Crippen molar-refractivity contribution in [3.05, 3.63) is 53.9 Å². The Morgan fingerprint density at radius 1 is 1.26 bits per heavy atom. The summed E-state index contributed by atoms with van der Waals surface area (Å²) in [6.07, 6.45) is 2.99. The number of nitrogens with two attached hydrogens (primary N) is 1. The van der Waals surface area contributed by atoms with Crippen LogP contribution >= 0.6 is 0 Å². The highest BCUT2D eigenvalue weighted by Crippen LogP contribution is 2.21. The average Bonchev–Trinajstić information content (AvgIpc) is 2.42. The summed E-state index contributed by atoms with van der Waals surface area (Å²) in [5, 5.41) is 0. The molecule has 98 valence electrons. The van der Waals surface area contributed by atoms with Crippen molar-refractivity contribution in [2.75, 3.05) is 17.7 Å². The topological polar surface area (TPSA) is 59.2 Å². The number of amides is 1. The van der Waals surface area contributed by atoms with Crippen molar-refractivity contribution in [2.45, 2.75) is 0 Å². The SMILES string of the molecule is CN(C(=O)c1cc(F)cc(N)c1F)c1ccncc1. The first kappa shape index (κ1) is 12.9. The molecule has 0 aliphatic rings.